The summed E-state index contributed by atoms with van der Waals surface area (Å²) in [5.41, 5.74) is 0.754. The Morgan fingerprint density at radius 3 is 2.48 bits per heavy atom. The molecule has 1 amide bonds. The van der Waals surface area contributed by atoms with Crippen LogP contribution in [-0.2, 0) is 0 Å². The fourth-order valence-electron chi connectivity index (χ4n) is 2.22. The van der Waals surface area contributed by atoms with Crippen molar-refractivity contribution in [1.29, 1.82) is 0 Å². The number of halogens is 1. The maximum Gasteiger partial charge on any atom is 0.257 e. The largest absolute Gasteiger partial charge is 0.506 e. The molecule has 3 rings (SSSR count). The van der Waals surface area contributed by atoms with Crippen LogP contribution in [0.4, 0.5) is 5.69 Å². The van der Waals surface area contributed by atoms with Crippen LogP contribution in [0.25, 0.3) is 10.8 Å². The van der Waals surface area contributed by atoms with Gasteiger partial charge in [-0.25, -0.2) is 0 Å². The molecular formula is C17H12ClNO2. The Morgan fingerprint density at radius 1 is 0.952 bits per heavy atom. The molecule has 0 unspecified atom stereocenters. The Bertz CT molecular complexity index is 830. The van der Waals surface area contributed by atoms with Gasteiger partial charge in [0, 0.05) is 5.39 Å². The number of anilines is 1. The summed E-state index contributed by atoms with van der Waals surface area (Å²) in [5.74, 6) is -0.332. The van der Waals surface area contributed by atoms with Gasteiger partial charge < -0.3 is 10.4 Å². The standard InChI is InChI=1S/C17H12ClNO2/c18-14-8-4-3-7-13(14)17(21)19-16-12-6-2-1-5-11(12)9-10-15(16)20/h1-10,20H,(H,19,21). The molecule has 0 saturated carbocycles. The molecule has 0 radical (unpaired) electrons. The summed E-state index contributed by atoms with van der Waals surface area (Å²) >= 11 is 6.02. The number of phenolic OH excluding ortho intramolecular Hbond substituents is 1. The van der Waals surface area contributed by atoms with Gasteiger partial charge in [-0.1, -0.05) is 54.1 Å². The van der Waals surface area contributed by atoms with Crippen molar-refractivity contribution in [2.24, 2.45) is 0 Å². The van der Waals surface area contributed by atoms with Gasteiger partial charge in [0.15, 0.2) is 0 Å². The van der Waals surface area contributed by atoms with E-state index in [0.717, 1.165) is 10.8 Å². The maximum atomic E-state index is 12.3. The molecule has 0 spiro atoms. The zero-order valence-electron chi connectivity index (χ0n) is 11.0. The van der Waals surface area contributed by atoms with Gasteiger partial charge in [-0.05, 0) is 23.6 Å². The summed E-state index contributed by atoms with van der Waals surface area (Å²) in [6.07, 6.45) is 0. The molecule has 0 fully saturated rings. The van der Waals surface area contributed by atoms with Crippen LogP contribution in [0.2, 0.25) is 5.02 Å². The highest BCUT2D eigenvalue weighted by atomic mass is 35.5. The summed E-state index contributed by atoms with van der Waals surface area (Å²) in [6.45, 7) is 0. The summed E-state index contributed by atoms with van der Waals surface area (Å²) in [4.78, 5) is 12.3. The predicted molar refractivity (Wildman–Crippen MR) is 85.0 cm³/mol. The minimum absolute atomic E-state index is 0.0223. The van der Waals surface area contributed by atoms with Crippen LogP contribution in [-0.4, -0.2) is 11.0 Å². The first-order chi connectivity index (χ1) is 10.2. The Hall–Kier alpha value is -2.52. The van der Waals surface area contributed by atoms with Gasteiger partial charge in [0.25, 0.3) is 5.91 Å². The van der Waals surface area contributed by atoms with Gasteiger partial charge >= 0.3 is 0 Å². The molecule has 21 heavy (non-hydrogen) atoms. The van der Waals surface area contributed by atoms with Gasteiger partial charge in [0.1, 0.15) is 5.75 Å². The van der Waals surface area contributed by atoms with E-state index in [0.29, 0.717) is 16.3 Å². The number of aromatic hydroxyl groups is 1. The zero-order chi connectivity index (χ0) is 14.8. The van der Waals surface area contributed by atoms with E-state index in [2.05, 4.69) is 5.32 Å². The number of carbonyl (C=O) groups excluding carboxylic acids is 1. The Kier molecular flexibility index (Phi) is 3.50. The quantitative estimate of drug-likeness (QED) is 0.687. The summed E-state index contributed by atoms with van der Waals surface area (Å²) in [7, 11) is 0. The number of amides is 1. The Balaban J connectivity index is 2.04. The third kappa shape index (κ3) is 2.56. The fourth-order valence-corrected chi connectivity index (χ4v) is 2.44. The predicted octanol–water partition coefficient (Wildman–Crippen LogP) is 4.45. The van der Waals surface area contributed by atoms with Gasteiger partial charge in [-0.3, -0.25) is 4.79 Å². The molecule has 4 heteroatoms. The summed E-state index contributed by atoms with van der Waals surface area (Å²) < 4.78 is 0. The minimum atomic E-state index is -0.354. The average molecular weight is 298 g/mol. The molecule has 0 aliphatic carbocycles. The minimum Gasteiger partial charge on any atom is -0.506 e. The third-order valence-corrected chi connectivity index (χ3v) is 3.59. The van der Waals surface area contributed by atoms with E-state index in [9.17, 15) is 9.90 Å². The van der Waals surface area contributed by atoms with Crippen molar-refractivity contribution in [1.82, 2.24) is 0 Å². The highest BCUT2D eigenvalue weighted by Crippen LogP contribution is 2.32. The van der Waals surface area contributed by atoms with Crippen molar-refractivity contribution in [2.45, 2.75) is 0 Å². The Morgan fingerprint density at radius 2 is 1.67 bits per heavy atom. The number of fused-ring (bicyclic) bond motifs is 1. The third-order valence-electron chi connectivity index (χ3n) is 3.26. The van der Waals surface area contributed by atoms with Crippen molar-refractivity contribution in [3.8, 4) is 5.75 Å². The number of benzene rings is 3. The van der Waals surface area contributed by atoms with E-state index in [4.69, 9.17) is 11.6 Å². The van der Waals surface area contributed by atoms with Crippen molar-refractivity contribution in [3.63, 3.8) is 0 Å². The number of hydrogen-bond donors (Lipinski definition) is 2. The van der Waals surface area contributed by atoms with E-state index in [1.807, 2.05) is 24.3 Å². The molecule has 0 saturated heterocycles. The number of phenols is 1. The molecule has 0 atom stereocenters. The lowest BCUT2D eigenvalue weighted by Gasteiger charge is -2.11. The number of rotatable bonds is 2. The molecule has 3 aromatic carbocycles. The molecule has 0 bridgehead atoms. The molecule has 104 valence electrons. The van der Waals surface area contributed by atoms with E-state index >= 15 is 0 Å². The number of carbonyl (C=O) groups is 1. The van der Waals surface area contributed by atoms with Crippen molar-refractivity contribution < 1.29 is 9.90 Å². The van der Waals surface area contributed by atoms with Crippen LogP contribution >= 0.6 is 11.6 Å². The monoisotopic (exact) mass is 297 g/mol. The summed E-state index contributed by atoms with van der Waals surface area (Å²) in [5, 5.41) is 14.8. The van der Waals surface area contributed by atoms with Crippen LogP contribution in [0.5, 0.6) is 5.75 Å². The summed E-state index contributed by atoms with van der Waals surface area (Å²) in [6, 6.07) is 17.7. The van der Waals surface area contributed by atoms with Crippen molar-refractivity contribution in [2.75, 3.05) is 5.32 Å². The molecule has 0 aromatic heterocycles. The van der Waals surface area contributed by atoms with Gasteiger partial charge in [0.05, 0.1) is 16.3 Å². The average Bonchev–Trinajstić information content (AvgIpc) is 2.50. The number of hydrogen-bond acceptors (Lipinski definition) is 2. The normalized spacial score (nSPS) is 10.5. The van der Waals surface area contributed by atoms with Crippen LogP contribution in [0.1, 0.15) is 10.4 Å². The fraction of sp³-hybridized carbons (Fsp3) is 0. The van der Waals surface area contributed by atoms with Crippen LogP contribution < -0.4 is 5.32 Å². The van der Waals surface area contributed by atoms with Crippen molar-refractivity contribution in [3.05, 3.63) is 71.2 Å². The lowest BCUT2D eigenvalue weighted by molar-refractivity contribution is 0.102. The van der Waals surface area contributed by atoms with E-state index in [1.54, 1.807) is 36.4 Å². The first-order valence-electron chi connectivity index (χ1n) is 6.43. The number of nitrogens with one attached hydrogen (secondary N) is 1. The molecule has 0 aliphatic rings. The van der Waals surface area contributed by atoms with Gasteiger partial charge in [0.2, 0.25) is 0 Å². The molecule has 0 heterocycles. The lowest BCUT2D eigenvalue weighted by Crippen LogP contribution is -2.12. The van der Waals surface area contributed by atoms with Gasteiger partial charge in [-0.2, -0.15) is 0 Å². The van der Waals surface area contributed by atoms with E-state index in [-0.39, 0.29) is 11.7 Å². The maximum absolute atomic E-state index is 12.3. The molecule has 0 aliphatic heterocycles. The topological polar surface area (TPSA) is 49.3 Å². The van der Waals surface area contributed by atoms with Gasteiger partial charge in [-0.15, -0.1) is 0 Å². The molecule has 3 aromatic rings. The lowest BCUT2D eigenvalue weighted by atomic mass is 10.1. The molecule has 2 N–H and O–H groups in total. The van der Waals surface area contributed by atoms with E-state index < -0.39 is 0 Å². The second-order valence-electron chi connectivity index (χ2n) is 4.61. The molecular weight excluding hydrogens is 286 g/mol. The zero-order valence-corrected chi connectivity index (χ0v) is 11.8. The van der Waals surface area contributed by atoms with Crippen LogP contribution in [0, 0.1) is 0 Å². The second-order valence-corrected chi connectivity index (χ2v) is 5.02. The second kappa shape index (κ2) is 5.46. The highest BCUT2D eigenvalue weighted by Gasteiger charge is 2.14. The first-order valence-corrected chi connectivity index (χ1v) is 6.81. The molecule has 3 nitrogen and oxygen atoms in total. The first kappa shape index (κ1) is 13.5. The van der Waals surface area contributed by atoms with Crippen molar-refractivity contribution >= 4 is 34.0 Å². The van der Waals surface area contributed by atoms with E-state index in [1.165, 1.54) is 0 Å². The van der Waals surface area contributed by atoms with Crippen LogP contribution in [0.3, 0.4) is 0 Å². The highest BCUT2D eigenvalue weighted by molar-refractivity contribution is 6.34. The van der Waals surface area contributed by atoms with Crippen LogP contribution in [0.15, 0.2) is 60.7 Å². The SMILES string of the molecule is O=C(Nc1c(O)ccc2ccccc12)c1ccccc1Cl. The Labute approximate surface area is 126 Å². The smallest absolute Gasteiger partial charge is 0.257 e.